The molecule has 1 aromatic rings. The van der Waals surface area contributed by atoms with E-state index in [1.165, 1.54) is 0 Å². The SMILES string of the molecule is CCCC(=O)Oc1c(Cl)cc(Br)cc1Br. The van der Waals surface area contributed by atoms with E-state index in [-0.39, 0.29) is 5.97 Å². The summed E-state index contributed by atoms with van der Waals surface area (Å²) in [5, 5.41) is 0.403. The van der Waals surface area contributed by atoms with Gasteiger partial charge in [-0.15, -0.1) is 0 Å². The van der Waals surface area contributed by atoms with Gasteiger partial charge in [0.2, 0.25) is 0 Å². The van der Waals surface area contributed by atoms with Gasteiger partial charge in [-0.25, -0.2) is 0 Å². The Morgan fingerprint density at radius 2 is 2.13 bits per heavy atom. The second kappa shape index (κ2) is 5.87. The van der Waals surface area contributed by atoms with E-state index in [2.05, 4.69) is 31.9 Å². The quantitative estimate of drug-likeness (QED) is 0.586. The van der Waals surface area contributed by atoms with Crippen molar-refractivity contribution in [1.29, 1.82) is 0 Å². The minimum Gasteiger partial charge on any atom is -0.424 e. The molecule has 0 heterocycles. The lowest BCUT2D eigenvalue weighted by Crippen LogP contribution is -2.07. The van der Waals surface area contributed by atoms with Crippen LogP contribution in [0.5, 0.6) is 5.75 Å². The van der Waals surface area contributed by atoms with E-state index in [1.807, 2.05) is 6.92 Å². The van der Waals surface area contributed by atoms with Crippen LogP contribution >= 0.6 is 43.5 Å². The highest BCUT2D eigenvalue weighted by Gasteiger charge is 2.12. The van der Waals surface area contributed by atoms with Gasteiger partial charge in [0.15, 0.2) is 5.75 Å². The summed E-state index contributed by atoms with van der Waals surface area (Å²) in [5.74, 6) is 0.0979. The molecule has 0 spiro atoms. The zero-order valence-corrected chi connectivity index (χ0v) is 11.9. The molecule has 0 fully saturated rings. The van der Waals surface area contributed by atoms with Crippen LogP contribution in [0.2, 0.25) is 5.02 Å². The van der Waals surface area contributed by atoms with Crippen molar-refractivity contribution in [2.24, 2.45) is 0 Å². The smallest absolute Gasteiger partial charge is 0.311 e. The molecule has 2 nitrogen and oxygen atoms in total. The number of rotatable bonds is 3. The molecule has 0 saturated heterocycles. The van der Waals surface area contributed by atoms with Crippen molar-refractivity contribution >= 4 is 49.4 Å². The molecule has 82 valence electrons. The maximum atomic E-state index is 11.3. The van der Waals surface area contributed by atoms with Crippen LogP contribution in [-0.4, -0.2) is 5.97 Å². The van der Waals surface area contributed by atoms with Crippen LogP contribution in [0.15, 0.2) is 21.1 Å². The van der Waals surface area contributed by atoms with E-state index < -0.39 is 0 Å². The number of hydrogen-bond donors (Lipinski definition) is 0. The first-order valence-corrected chi connectivity index (χ1v) is 6.36. The number of ether oxygens (including phenoxy) is 1. The second-order valence-corrected chi connectivity index (χ2v) is 5.10. The Balaban J connectivity index is 2.90. The summed E-state index contributed by atoms with van der Waals surface area (Å²) in [7, 11) is 0. The van der Waals surface area contributed by atoms with Gasteiger partial charge in [-0.1, -0.05) is 34.5 Å². The summed E-state index contributed by atoms with van der Waals surface area (Å²) < 4.78 is 6.62. The molecule has 0 saturated carbocycles. The molecule has 0 aliphatic rings. The van der Waals surface area contributed by atoms with Crippen molar-refractivity contribution < 1.29 is 9.53 Å². The average Bonchev–Trinajstić information content (AvgIpc) is 2.11. The summed E-state index contributed by atoms with van der Waals surface area (Å²) in [5.41, 5.74) is 0. The first kappa shape index (κ1) is 13.0. The highest BCUT2D eigenvalue weighted by Crippen LogP contribution is 2.36. The van der Waals surface area contributed by atoms with Crippen molar-refractivity contribution in [3.05, 3.63) is 26.1 Å². The maximum Gasteiger partial charge on any atom is 0.311 e. The zero-order chi connectivity index (χ0) is 11.4. The minimum absolute atomic E-state index is 0.276. The molecular formula is C10H9Br2ClO2. The summed E-state index contributed by atoms with van der Waals surface area (Å²) in [6.45, 7) is 1.92. The van der Waals surface area contributed by atoms with Crippen LogP contribution in [0.3, 0.4) is 0 Å². The second-order valence-electron chi connectivity index (χ2n) is 2.92. The third kappa shape index (κ3) is 3.78. The summed E-state index contributed by atoms with van der Waals surface area (Å²) in [6, 6.07) is 3.46. The molecule has 1 aromatic carbocycles. The number of esters is 1. The zero-order valence-electron chi connectivity index (χ0n) is 8.02. The number of carbonyl (C=O) groups excluding carboxylic acids is 1. The summed E-state index contributed by atoms with van der Waals surface area (Å²) >= 11 is 12.5. The maximum absolute atomic E-state index is 11.3. The monoisotopic (exact) mass is 354 g/mol. The van der Waals surface area contributed by atoms with Gasteiger partial charge in [0.25, 0.3) is 0 Å². The Bertz CT molecular complexity index is 357. The third-order valence-electron chi connectivity index (χ3n) is 1.63. The molecule has 1 rings (SSSR count). The van der Waals surface area contributed by atoms with Crippen LogP contribution < -0.4 is 4.74 Å². The van der Waals surface area contributed by atoms with Crippen molar-refractivity contribution in [2.45, 2.75) is 19.8 Å². The standard InChI is InChI=1S/C10H9Br2ClO2/c1-2-3-9(14)15-10-7(12)4-6(11)5-8(10)13/h4-5H,2-3H2,1H3. The summed E-state index contributed by atoms with van der Waals surface area (Å²) in [4.78, 5) is 11.3. The van der Waals surface area contributed by atoms with E-state index in [9.17, 15) is 4.79 Å². The molecule has 0 bridgehead atoms. The number of halogens is 3. The van der Waals surface area contributed by atoms with E-state index >= 15 is 0 Å². The molecule has 15 heavy (non-hydrogen) atoms. The Morgan fingerprint density at radius 3 is 2.67 bits per heavy atom. The molecule has 5 heteroatoms. The van der Waals surface area contributed by atoms with E-state index in [1.54, 1.807) is 12.1 Å². The van der Waals surface area contributed by atoms with Gasteiger partial charge in [0.1, 0.15) is 0 Å². The van der Waals surface area contributed by atoms with Crippen molar-refractivity contribution in [3.63, 3.8) is 0 Å². The van der Waals surface area contributed by atoms with Gasteiger partial charge in [-0.3, -0.25) is 4.79 Å². The Morgan fingerprint density at radius 1 is 1.47 bits per heavy atom. The fourth-order valence-corrected chi connectivity index (χ4v) is 2.81. The molecule has 0 unspecified atom stereocenters. The number of carbonyl (C=O) groups is 1. The number of hydrogen-bond acceptors (Lipinski definition) is 2. The molecule has 0 amide bonds. The van der Waals surface area contributed by atoms with Crippen LogP contribution in [0.4, 0.5) is 0 Å². The van der Waals surface area contributed by atoms with Crippen molar-refractivity contribution in [2.75, 3.05) is 0 Å². The molecule has 0 aliphatic carbocycles. The van der Waals surface area contributed by atoms with Gasteiger partial charge in [-0.05, 0) is 34.5 Å². The highest BCUT2D eigenvalue weighted by molar-refractivity contribution is 9.11. The lowest BCUT2D eigenvalue weighted by Gasteiger charge is -2.08. The summed E-state index contributed by atoms with van der Waals surface area (Å²) in [6.07, 6.45) is 1.14. The predicted octanol–water partition coefficient (Wildman–Crippen LogP) is 4.57. The van der Waals surface area contributed by atoms with Crippen molar-refractivity contribution in [3.8, 4) is 5.75 Å². The molecule has 0 aromatic heterocycles. The van der Waals surface area contributed by atoms with Crippen LogP contribution in [-0.2, 0) is 4.79 Å². The molecular weight excluding hydrogens is 347 g/mol. The normalized spacial score (nSPS) is 10.1. The molecule has 0 radical (unpaired) electrons. The Labute approximate surface area is 110 Å². The van der Waals surface area contributed by atoms with Gasteiger partial charge < -0.3 is 4.74 Å². The Kier molecular flexibility index (Phi) is 5.09. The fourth-order valence-electron chi connectivity index (χ4n) is 0.995. The van der Waals surface area contributed by atoms with Gasteiger partial charge in [-0.2, -0.15) is 0 Å². The van der Waals surface area contributed by atoms with Gasteiger partial charge in [0.05, 0.1) is 9.50 Å². The number of benzene rings is 1. The van der Waals surface area contributed by atoms with E-state index in [0.717, 1.165) is 10.9 Å². The topological polar surface area (TPSA) is 26.3 Å². The molecule has 0 aliphatic heterocycles. The van der Waals surface area contributed by atoms with E-state index in [4.69, 9.17) is 16.3 Å². The lowest BCUT2D eigenvalue weighted by molar-refractivity contribution is -0.134. The largest absolute Gasteiger partial charge is 0.424 e. The first-order chi connectivity index (χ1) is 7.04. The van der Waals surface area contributed by atoms with Gasteiger partial charge >= 0.3 is 5.97 Å². The predicted molar refractivity (Wildman–Crippen MR) is 67.4 cm³/mol. The lowest BCUT2D eigenvalue weighted by atomic mass is 10.3. The first-order valence-electron chi connectivity index (χ1n) is 4.39. The Hall–Kier alpha value is -0.0600. The molecule has 0 N–H and O–H groups in total. The third-order valence-corrected chi connectivity index (χ3v) is 2.96. The van der Waals surface area contributed by atoms with Crippen LogP contribution in [0, 0.1) is 0 Å². The average molecular weight is 356 g/mol. The van der Waals surface area contributed by atoms with Gasteiger partial charge in [0, 0.05) is 10.9 Å². The highest BCUT2D eigenvalue weighted by atomic mass is 79.9. The van der Waals surface area contributed by atoms with Crippen LogP contribution in [0.25, 0.3) is 0 Å². The van der Waals surface area contributed by atoms with Crippen molar-refractivity contribution in [1.82, 2.24) is 0 Å². The van der Waals surface area contributed by atoms with E-state index in [0.29, 0.717) is 21.7 Å². The minimum atomic E-state index is -0.276. The van der Waals surface area contributed by atoms with Crippen LogP contribution in [0.1, 0.15) is 19.8 Å². The molecule has 0 atom stereocenters. The fraction of sp³-hybridized carbons (Fsp3) is 0.300.